The fourth-order valence-corrected chi connectivity index (χ4v) is 1.02. The van der Waals surface area contributed by atoms with E-state index in [9.17, 15) is 9.59 Å². The number of amides is 1. The van der Waals surface area contributed by atoms with E-state index in [4.69, 9.17) is 9.84 Å². The number of hydrogen-bond donors (Lipinski definition) is 2. The summed E-state index contributed by atoms with van der Waals surface area (Å²) < 4.78 is 9.53. The van der Waals surface area contributed by atoms with Crippen LogP contribution in [0, 0.1) is 0 Å². The summed E-state index contributed by atoms with van der Waals surface area (Å²) in [5.41, 5.74) is 0. The molecular weight excluding hydrogens is 238 g/mol. The molecule has 0 saturated heterocycles. The van der Waals surface area contributed by atoms with Crippen molar-refractivity contribution in [3.05, 3.63) is 36.9 Å². The molecule has 0 aliphatic heterocycles. The van der Waals surface area contributed by atoms with E-state index < -0.39 is 12.1 Å². The second kappa shape index (κ2) is 6.95. The molecule has 96 valence electrons. The third-order valence-corrected chi connectivity index (χ3v) is 1.83. The van der Waals surface area contributed by atoms with Crippen LogP contribution in [0.1, 0.15) is 0 Å². The van der Waals surface area contributed by atoms with Crippen molar-refractivity contribution in [2.24, 2.45) is 0 Å². The summed E-state index contributed by atoms with van der Waals surface area (Å²) in [6, 6.07) is 5.70. The van der Waals surface area contributed by atoms with Crippen molar-refractivity contribution in [1.29, 1.82) is 0 Å². The van der Waals surface area contributed by atoms with Crippen molar-refractivity contribution in [1.82, 2.24) is 5.32 Å². The number of nitrogens with one attached hydrogen (secondary N) is 1. The van der Waals surface area contributed by atoms with E-state index in [2.05, 4.69) is 16.6 Å². The lowest BCUT2D eigenvalue weighted by Crippen LogP contribution is -2.30. The predicted octanol–water partition coefficient (Wildman–Crippen LogP) is 1.21. The number of benzene rings is 1. The first-order valence-corrected chi connectivity index (χ1v) is 5.15. The standard InChI is InChI=1S/C12H13NO5/c1-2-11(15)17-8-7-13-12(16)18-10-5-3-9(14)4-6-10/h2-6,14H,1,7-8H2,(H,13,16). The Morgan fingerprint density at radius 1 is 1.33 bits per heavy atom. The number of phenolic OH excluding ortho intramolecular Hbond substituents is 1. The summed E-state index contributed by atoms with van der Waals surface area (Å²) >= 11 is 0. The minimum Gasteiger partial charge on any atom is -0.508 e. The van der Waals surface area contributed by atoms with Crippen LogP contribution in [0.25, 0.3) is 0 Å². The minimum absolute atomic E-state index is 0.0372. The quantitative estimate of drug-likeness (QED) is 0.467. The van der Waals surface area contributed by atoms with Gasteiger partial charge in [-0.15, -0.1) is 0 Å². The van der Waals surface area contributed by atoms with Gasteiger partial charge < -0.3 is 19.9 Å². The van der Waals surface area contributed by atoms with Gasteiger partial charge in [-0.25, -0.2) is 9.59 Å². The van der Waals surface area contributed by atoms with E-state index >= 15 is 0 Å². The first-order valence-electron chi connectivity index (χ1n) is 5.15. The number of ether oxygens (including phenoxy) is 2. The maximum atomic E-state index is 11.3. The van der Waals surface area contributed by atoms with Gasteiger partial charge in [0.2, 0.25) is 0 Å². The van der Waals surface area contributed by atoms with E-state index in [-0.39, 0.29) is 18.9 Å². The molecule has 0 saturated carbocycles. The molecule has 0 aliphatic rings. The number of carbonyl (C=O) groups excluding carboxylic acids is 2. The summed E-state index contributed by atoms with van der Waals surface area (Å²) in [5, 5.41) is 11.4. The Balaban J connectivity index is 2.23. The second-order valence-electron chi connectivity index (χ2n) is 3.18. The van der Waals surface area contributed by atoms with Crippen LogP contribution < -0.4 is 10.1 Å². The van der Waals surface area contributed by atoms with Crippen molar-refractivity contribution >= 4 is 12.1 Å². The van der Waals surface area contributed by atoms with Crippen molar-refractivity contribution < 1.29 is 24.2 Å². The van der Waals surface area contributed by atoms with Crippen LogP contribution in [0.15, 0.2) is 36.9 Å². The Labute approximate surface area is 104 Å². The van der Waals surface area contributed by atoms with Crippen LogP contribution in [-0.4, -0.2) is 30.3 Å². The molecule has 1 rings (SSSR count). The normalized spacial score (nSPS) is 9.33. The highest BCUT2D eigenvalue weighted by molar-refractivity contribution is 5.81. The fourth-order valence-electron chi connectivity index (χ4n) is 1.02. The maximum Gasteiger partial charge on any atom is 0.412 e. The molecule has 6 nitrogen and oxygen atoms in total. The van der Waals surface area contributed by atoms with Crippen LogP contribution in [0.2, 0.25) is 0 Å². The van der Waals surface area contributed by atoms with Gasteiger partial charge in [0.25, 0.3) is 0 Å². The monoisotopic (exact) mass is 251 g/mol. The Bertz CT molecular complexity index is 427. The van der Waals surface area contributed by atoms with Crippen LogP contribution in [0.3, 0.4) is 0 Å². The summed E-state index contributed by atoms with van der Waals surface area (Å²) in [7, 11) is 0. The number of aromatic hydroxyl groups is 1. The number of phenols is 1. The second-order valence-corrected chi connectivity index (χ2v) is 3.18. The van der Waals surface area contributed by atoms with E-state index in [1.165, 1.54) is 24.3 Å². The molecule has 2 N–H and O–H groups in total. The molecule has 0 aromatic heterocycles. The van der Waals surface area contributed by atoms with Gasteiger partial charge in [0.05, 0.1) is 6.54 Å². The Kier molecular flexibility index (Phi) is 5.24. The first-order chi connectivity index (χ1) is 8.61. The van der Waals surface area contributed by atoms with Crippen molar-refractivity contribution in [3.63, 3.8) is 0 Å². The molecule has 0 radical (unpaired) electrons. The third kappa shape index (κ3) is 5.02. The highest BCUT2D eigenvalue weighted by Gasteiger charge is 2.04. The van der Waals surface area contributed by atoms with Gasteiger partial charge in [-0.2, -0.15) is 0 Å². The van der Waals surface area contributed by atoms with E-state index in [1.54, 1.807) is 0 Å². The van der Waals surface area contributed by atoms with Crippen LogP contribution in [-0.2, 0) is 9.53 Å². The SMILES string of the molecule is C=CC(=O)OCCNC(=O)Oc1ccc(O)cc1. The van der Waals surface area contributed by atoms with Crippen molar-refractivity contribution in [3.8, 4) is 11.5 Å². The number of esters is 1. The maximum absolute atomic E-state index is 11.3. The van der Waals surface area contributed by atoms with Gasteiger partial charge >= 0.3 is 12.1 Å². The van der Waals surface area contributed by atoms with Gasteiger partial charge in [0.15, 0.2) is 0 Å². The van der Waals surface area contributed by atoms with Gasteiger partial charge in [0, 0.05) is 6.08 Å². The minimum atomic E-state index is -0.671. The van der Waals surface area contributed by atoms with Crippen LogP contribution in [0.4, 0.5) is 4.79 Å². The van der Waals surface area contributed by atoms with Crippen LogP contribution >= 0.6 is 0 Å². The molecule has 1 aromatic carbocycles. The largest absolute Gasteiger partial charge is 0.508 e. The highest BCUT2D eigenvalue weighted by Crippen LogP contribution is 2.15. The summed E-state index contributed by atoms with van der Waals surface area (Å²) in [4.78, 5) is 21.9. The molecule has 0 spiro atoms. The highest BCUT2D eigenvalue weighted by atomic mass is 16.6. The zero-order valence-corrected chi connectivity index (χ0v) is 9.59. The number of rotatable bonds is 5. The lowest BCUT2D eigenvalue weighted by molar-refractivity contribution is -0.137. The van der Waals surface area contributed by atoms with E-state index in [0.717, 1.165) is 6.08 Å². The number of hydrogen-bond acceptors (Lipinski definition) is 5. The molecule has 0 fully saturated rings. The molecule has 0 unspecified atom stereocenters. The molecule has 0 bridgehead atoms. The average molecular weight is 251 g/mol. The third-order valence-electron chi connectivity index (χ3n) is 1.83. The molecule has 1 amide bonds. The van der Waals surface area contributed by atoms with Crippen molar-refractivity contribution in [2.75, 3.05) is 13.2 Å². The zero-order chi connectivity index (χ0) is 13.4. The Morgan fingerprint density at radius 3 is 2.61 bits per heavy atom. The first kappa shape index (κ1) is 13.6. The van der Waals surface area contributed by atoms with Gasteiger partial charge in [-0.05, 0) is 24.3 Å². The molecular formula is C12H13NO5. The summed E-state index contributed by atoms with van der Waals surface area (Å²) in [5.74, 6) is -0.170. The predicted molar refractivity (Wildman–Crippen MR) is 63.3 cm³/mol. The average Bonchev–Trinajstić information content (AvgIpc) is 2.37. The Hall–Kier alpha value is -2.50. The molecule has 0 heterocycles. The molecule has 6 heteroatoms. The van der Waals surface area contributed by atoms with Crippen molar-refractivity contribution in [2.45, 2.75) is 0 Å². The molecule has 0 aliphatic carbocycles. The molecule has 0 atom stereocenters. The van der Waals surface area contributed by atoms with E-state index in [1.807, 2.05) is 0 Å². The Morgan fingerprint density at radius 2 is 2.00 bits per heavy atom. The smallest absolute Gasteiger partial charge is 0.412 e. The van der Waals surface area contributed by atoms with Crippen LogP contribution in [0.5, 0.6) is 11.5 Å². The zero-order valence-electron chi connectivity index (χ0n) is 9.59. The molecule has 18 heavy (non-hydrogen) atoms. The summed E-state index contributed by atoms with van der Waals surface area (Å²) in [6.45, 7) is 3.40. The summed E-state index contributed by atoms with van der Waals surface area (Å²) in [6.07, 6.45) is 0.365. The van der Waals surface area contributed by atoms with Gasteiger partial charge in [0.1, 0.15) is 18.1 Å². The van der Waals surface area contributed by atoms with E-state index in [0.29, 0.717) is 5.75 Å². The topological polar surface area (TPSA) is 84.9 Å². The molecule has 1 aromatic rings. The van der Waals surface area contributed by atoms with Gasteiger partial charge in [-0.1, -0.05) is 6.58 Å². The number of carbonyl (C=O) groups is 2. The lowest BCUT2D eigenvalue weighted by atomic mass is 10.3. The lowest BCUT2D eigenvalue weighted by Gasteiger charge is -2.06. The fraction of sp³-hybridized carbons (Fsp3) is 0.167. The van der Waals surface area contributed by atoms with Gasteiger partial charge in [-0.3, -0.25) is 0 Å².